The molecule has 0 fully saturated rings. The average Bonchev–Trinajstić information content (AvgIpc) is 2.46. The second-order valence-electron chi connectivity index (χ2n) is 5.24. The second-order valence-corrected chi connectivity index (χ2v) is 6.66. The molecule has 0 unspecified atom stereocenters. The van der Waals surface area contributed by atoms with Gasteiger partial charge in [0.05, 0.1) is 0 Å². The van der Waals surface area contributed by atoms with Crippen molar-refractivity contribution >= 4 is 22.7 Å². The predicted molar refractivity (Wildman–Crippen MR) is 86.3 cm³/mol. The third-order valence-electron chi connectivity index (χ3n) is 3.22. The third-order valence-corrected chi connectivity index (χ3v) is 4.82. The molecule has 2 aromatic carbocycles. The lowest BCUT2D eigenvalue weighted by atomic mass is 10.1. The molecule has 0 heterocycles. The van der Waals surface area contributed by atoms with Gasteiger partial charge in [-0.15, -0.1) is 0 Å². The fourth-order valence-electron chi connectivity index (χ4n) is 2.32. The van der Waals surface area contributed by atoms with Crippen molar-refractivity contribution in [2.75, 3.05) is 0 Å². The summed E-state index contributed by atoms with van der Waals surface area (Å²) in [5.74, 6) is 0.0583. The van der Waals surface area contributed by atoms with Crippen LogP contribution in [-0.2, 0) is 33.6 Å². The van der Waals surface area contributed by atoms with Crippen molar-refractivity contribution < 1.29 is 14.1 Å². The Bertz CT molecular complexity index is 635. The van der Waals surface area contributed by atoms with Crippen LogP contribution in [0.2, 0.25) is 0 Å². The molecule has 0 aromatic heterocycles. The minimum absolute atomic E-state index is 0.0291. The molecule has 0 aliphatic heterocycles. The number of ketones is 2. The van der Waals surface area contributed by atoms with Gasteiger partial charge in [-0.2, -0.15) is 0 Å². The van der Waals surface area contributed by atoms with E-state index in [0.717, 1.165) is 11.1 Å². The highest BCUT2D eigenvalue weighted by atomic mass is 32.2. The molecule has 114 valence electrons. The first kappa shape index (κ1) is 16.5. The Kier molecular flexibility index (Phi) is 5.52. The van der Waals surface area contributed by atoms with Gasteiger partial charge in [0.2, 0.25) is 0 Å². The molecule has 3 nitrogen and oxygen atoms in total. The van der Waals surface area contributed by atoms with Crippen LogP contribution in [0.25, 0.3) is 0 Å². The maximum atomic E-state index is 12.9. The summed E-state index contributed by atoms with van der Waals surface area (Å²) in [5, 5.41) is 0. The fourth-order valence-corrected chi connectivity index (χ4v) is 3.71. The maximum Gasteiger partial charge on any atom is 0.162 e. The predicted octanol–water partition coefficient (Wildman–Crippen LogP) is 3.12. The zero-order valence-corrected chi connectivity index (χ0v) is 13.5. The van der Waals surface area contributed by atoms with Gasteiger partial charge in [-0.25, -0.2) is 0 Å². The minimum Gasteiger partial charge on any atom is -0.606 e. The van der Waals surface area contributed by atoms with Gasteiger partial charge < -0.3 is 4.55 Å². The van der Waals surface area contributed by atoms with Gasteiger partial charge in [-0.05, 0) is 26.0 Å². The Morgan fingerprint density at radius 3 is 1.55 bits per heavy atom. The van der Waals surface area contributed by atoms with E-state index in [1.807, 2.05) is 36.4 Å². The SMILES string of the molecule is CC(=O)Cc1ccccc1[S+]([O-])c1ccccc1CC(C)=O. The van der Waals surface area contributed by atoms with Gasteiger partial charge in [-0.1, -0.05) is 36.4 Å². The monoisotopic (exact) mass is 314 g/mol. The summed E-state index contributed by atoms with van der Waals surface area (Å²) in [5.41, 5.74) is 1.54. The quantitative estimate of drug-likeness (QED) is 0.770. The van der Waals surface area contributed by atoms with Crippen LogP contribution >= 0.6 is 0 Å². The molecule has 0 atom stereocenters. The van der Waals surface area contributed by atoms with Crippen molar-refractivity contribution in [3.8, 4) is 0 Å². The molecule has 22 heavy (non-hydrogen) atoms. The van der Waals surface area contributed by atoms with Crippen LogP contribution in [0.1, 0.15) is 25.0 Å². The summed E-state index contributed by atoms with van der Waals surface area (Å²) >= 11 is -1.41. The highest BCUT2D eigenvalue weighted by Crippen LogP contribution is 2.27. The van der Waals surface area contributed by atoms with E-state index >= 15 is 0 Å². The Labute approximate surface area is 133 Å². The number of rotatable bonds is 6. The van der Waals surface area contributed by atoms with Crippen LogP contribution in [0.4, 0.5) is 0 Å². The molecule has 0 saturated carbocycles. The molecule has 0 aliphatic rings. The van der Waals surface area contributed by atoms with E-state index in [9.17, 15) is 14.1 Å². The van der Waals surface area contributed by atoms with Crippen molar-refractivity contribution in [1.29, 1.82) is 0 Å². The zero-order valence-electron chi connectivity index (χ0n) is 12.7. The first-order valence-electron chi connectivity index (χ1n) is 7.05. The van der Waals surface area contributed by atoms with E-state index in [4.69, 9.17) is 0 Å². The lowest BCUT2D eigenvalue weighted by molar-refractivity contribution is -0.117. The van der Waals surface area contributed by atoms with Crippen LogP contribution in [0.5, 0.6) is 0 Å². The average molecular weight is 314 g/mol. The van der Waals surface area contributed by atoms with Gasteiger partial charge in [0.1, 0.15) is 11.6 Å². The molecule has 4 heteroatoms. The fraction of sp³-hybridized carbons (Fsp3) is 0.222. The van der Waals surface area contributed by atoms with Crippen LogP contribution in [0, 0.1) is 0 Å². The number of carbonyl (C=O) groups is 2. The van der Waals surface area contributed by atoms with E-state index in [0.29, 0.717) is 9.79 Å². The van der Waals surface area contributed by atoms with E-state index in [2.05, 4.69) is 0 Å². The van der Waals surface area contributed by atoms with Crippen molar-refractivity contribution in [2.45, 2.75) is 36.5 Å². The van der Waals surface area contributed by atoms with Crippen LogP contribution in [-0.4, -0.2) is 16.1 Å². The van der Waals surface area contributed by atoms with Gasteiger partial charge in [-0.3, -0.25) is 9.59 Å². The molecule has 0 saturated heterocycles. The van der Waals surface area contributed by atoms with Gasteiger partial charge in [0, 0.05) is 35.1 Å². The number of carbonyl (C=O) groups excluding carboxylic acids is 2. The molecule has 2 aromatic rings. The van der Waals surface area contributed by atoms with Gasteiger partial charge in [0.15, 0.2) is 9.79 Å². The number of hydrogen-bond donors (Lipinski definition) is 0. The van der Waals surface area contributed by atoms with Crippen LogP contribution < -0.4 is 0 Å². The van der Waals surface area contributed by atoms with Gasteiger partial charge >= 0.3 is 0 Å². The summed E-state index contributed by atoms with van der Waals surface area (Å²) < 4.78 is 12.9. The normalized spacial score (nSPS) is 10.7. The lowest BCUT2D eigenvalue weighted by Crippen LogP contribution is -2.11. The number of Topliss-reactive ketones (excluding diaryl/α,β-unsaturated/α-hetero) is 2. The summed E-state index contributed by atoms with van der Waals surface area (Å²) in [6, 6.07) is 14.5. The Morgan fingerprint density at radius 2 is 1.18 bits per heavy atom. The summed E-state index contributed by atoms with van der Waals surface area (Å²) in [6.45, 7) is 3.03. The Hall–Kier alpha value is -1.91. The first-order valence-corrected chi connectivity index (χ1v) is 8.20. The molecule has 0 spiro atoms. The number of benzene rings is 2. The molecule has 0 amide bonds. The summed E-state index contributed by atoms with van der Waals surface area (Å²) in [4.78, 5) is 24.1. The van der Waals surface area contributed by atoms with Crippen molar-refractivity contribution in [3.63, 3.8) is 0 Å². The second kappa shape index (κ2) is 7.38. The standard InChI is InChI=1S/C18H18O3S/c1-13(19)11-15-7-3-5-9-17(15)22(21)18-10-6-4-8-16(18)12-14(2)20/h3-10H,11-12H2,1-2H3. The molecule has 0 N–H and O–H groups in total. The van der Waals surface area contributed by atoms with Crippen molar-refractivity contribution in [2.24, 2.45) is 0 Å². The molecule has 0 aliphatic carbocycles. The molecular weight excluding hydrogens is 296 g/mol. The van der Waals surface area contributed by atoms with Crippen LogP contribution in [0.3, 0.4) is 0 Å². The summed E-state index contributed by atoms with van der Waals surface area (Å²) in [6.07, 6.45) is 0.521. The van der Waals surface area contributed by atoms with Crippen molar-refractivity contribution in [1.82, 2.24) is 0 Å². The highest BCUT2D eigenvalue weighted by molar-refractivity contribution is 7.91. The Balaban J connectivity index is 2.42. The van der Waals surface area contributed by atoms with Gasteiger partial charge in [0.25, 0.3) is 0 Å². The third kappa shape index (κ3) is 4.06. The van der Waals surface area contributed by atoms with Crippen molar-refractivity contribution in [3.05, 3.63) is 59.7 Å². The van der Waals surface area contributed by atoms with E-state index in [1.54, 1.807) is 12.1 Å². The maximum absolute atomic E-state index is 12.9. The van der Waals surface area contributed by atoms with E-state index in [-0.39, 0.29) is 24.4 Å². The highest BCUT2D eigenvalue weighted by Gasteiger charge is 2.22. The minimum atomic E-state index is -1.41. The smallest absolute Gasteiger partial charge is 0.162 e. The lowest BCUT2D eigenvalue weighted by Gasteiger charge is -2.15. The largest absolute Gasteiger partial charge is 0.606 e. The topological polar surface area (TPSA) is 57.2 Å². The molecule has 0 radical (unpaired) electrons. The van der Waals surface area contributed by atoms with Crippen LogP contribution in [0.15, 0.2) is 58.3 Å². The van der Waals surface area contributed by atoms with E-state index < -0.39 is 11.2 Å². The molecule has 0 bridgehead atoms. The van der Waals surface area contributed by atoms with E-state index in [1.165, 1.54) is 13.8 Å². The number of hydrogen-bond acceptors (Lipinski definition) is 3. The molecule has 2 rings (SSSR count). The Morgan fingerprint density at radius 1 is 0.818 bits per heavy atom. The summed E-state index contributed by atoms with van der Waals surface area (Å²) in [7, 11) is 0. The molecular formula is C18H18O3S. The zero-order chi connectivity index (χ0) is 16.1. The first-order chi connectivity index (χ1) is 10.5.